The third-order valence-corrected chi connectivity index (χ3v) is 5.21. The molecule has 6 heteroatoms. The first kappa shape index (κ1) is 17.8. The zero-order valence-electron chi connectivity index (χ0n) is 14.1. The van der Waals surface area contributed by atoms with Crippen molar-refractivity contribution >= 4 is 17.8 Å². The number of likely N-dealkylation sites (tertiary alicyclic amines) is 1. The zero-order chi connectivity index (χ0) is 17.0. The van der Waals surface area contributed by atoms with Gasteiger partial charge in [-0.3, -0.25) is 14.4 Å². The topological polar surface area (TPSA) is 86.7 Å². The predicted molar refractivity (Wildman–Crippen MR) is 85.7 cm³/mol. The molecule has 0 bridgehead atoms. The fourth-order valence-electron chi connectivity index (χ4n) is 3.38. The normalized spacial score (nSPS) is 23.3. The predicted octanol–water partition coefficient (Wildman–Crippen LogP) is 1.64. The molecule has 2 fully saturated rings. The molecule has 130 valence electrons. The van der Waals surface area contributed by atoms with Crippen molar-refractivity contribution in [3.8, 4) is 0 Å². The summed E-state index contributed by atoms with van der Waals surface area (Å²) in [6.45, 7) is 5.62. The lowest BCUT2D eigenvalue weighted by molar-refractivity contribution is -0.160. The highest BCUT2D eigenvalue weighted by Gasteiger charge is 2.46. The van der Waals surface area contributed by atoms with Crippen molar-refractivity contribution in [1.82, 2.24) is 10.2 Å². The number of aliphatic carboxylic acids is 1. The first-order chi connectivity index (χ1) is 10.8. The molecule has 2 amide bonds. The fourth-order valence-corrected chi connectivity index (χ4v) is 3.38. The summed E-state index contributed by atoms with van der Waals surface area (Å²) in [5.74, 6) is -0.627. The van der Waals surface area contributed by atoms with Gasteiger partial charge in [-0.15, -0.1) is 0 Å². The maximum absolute atomic E-state index is 12.5. The van der Waals surface area contributed by atoms with Crippen LogP contribution >= 0.6 is 0 Å². The Bertz CT molecular complexity index is 471. The van der Waals surface area contributed by atoms with Gasteiger partial charge in [0, 0.05) is 32.0 Å². The quantitative estimate of drug-likeness (QED) is 0.777. The second-order valence-corrected chi connectivity index (χ2v) is 7.36. The monoisotopic (exact) mass is 324 g/mol. The third-order valence-electron chi connectivity index (χ3n) is 5.21. The Balaban J connectivity index is 1.84. The van der Waals surface area contributed by atoms with Crippen molar-refractivity contribution in [3.05, 3.63) is 0 Å². The van der Waals surface area contributed by atoms with Crippen molar-refractivity contribution in [3.63, 3.8) is 0 Å². The van der Waals surface area contributed by atoms with Crippen LogP contribution in [0.4, 0.5) is 0 Å². The van der Waals surface area contributed by atoms with E-state index in [-0.39, 0.29) is 30.1 Å². The van der Waals surface area contributed by atoms with E-state index in [0.717, 1.165) is 19.3 Å². The van der Waals surface area contributed by atoms with Gasteiger partial charge in [-0.25, -0.2) is 0 Å². The van der Waals surface area contributed by atoms with Crippen LogP contribution in [-0.2, 0) is 14.4 Å². The van der Waals surface area contributed by atoms with Crippen LogP contribution in [0.2, 0.25) is 0 Å². The van der Waals surface area contributed by atoms with Crippen molar-refractivity contribution in [1.29, 1.82) is 0 Å². The van der Waals surface area contributed by atoms with E-state index in [1.54, 1.807) is 4.90 Å². The second kappa shape index (κ2) is 7.32. The van der Waals surface area contributed by atoms with Crippen LogP contribution in [0.15, 0.2) is 0 Å². The number of nitrogens with one attached hydrogen (secondary N) is 1. The van der Waals surface area contributed by atoms with E-state index in [1.807, 2.05) is 13.8 Å². The van der Waals surface area contributed by atoms with Crippen molar-refractivity contribution in [2.75, 3.05) is 19.6 Å². The zero-order valence-corrected chi connectivity index (χ0v) is 14.1. The van der Waals surface area contributed by atoms with Gasteiger partial charge < -0.3 is 15.3 Å². The molecule has 0 aromatic heterocycles. The highest BCUT2D eigenvalue weighted by atomic mass is 16.4. The molecule has 0 aromatic carbocycles. The van der Waals surface area contributed by atoms with Gasteiger partial charge >= 0.3 is 5.97 Å². The Labute approximate surface area is 137 Å². The molecule has 1 aliphatic carbocycles. The number of piperidine rings is 1. The minimum absolute atomic E-state index is 0.0350. The largest absolute Gasteiger partial charge is 0.481 e. The van der Waals surface area contributed by atoms with Crippen LogP contribution in [0.5, 0.6) is 0 Å². The summed E-state index contributed by atoms with van der Waals surface area (Å²) in [5, 5.41) is 12.3. The molecule has 1 saturated carbocycles. The van der Waals surface area contributed by atoms with Gasteiger partial charge in [0.1, 0.15) is 0 Å². The van der Waals surface area contributed by atoms with E-state index in [0.29, 0.717) is 32.5 Å². The van der Waals surface area contributed by atoms with Gasteiger partial charge in [0.2, 0.25) is 11.8 Å². The molecule has 2 N–H and O–H groups in total. The van der Waals surface area contributed by atoms with Gasteiger partial charge in [0.15, 0.2) is 0 Å². The molecule has 0 spiro atoms. The lowest BCUT2D eigenvalue weighted by Gasteiger charge is -2.40. The van der Waals surface area contributed by atoms with Crippen molar-refractivity contribution in [2.24, 2.45) is 17.3 Å². The van der Waals surface area contributed by atoms with Crippen LogP contribution in [0, 0.1) is 17.3 Å². The molecule has 1 atom stereocenters. The van der Waals surface area contributed by atoms with Gasteiger partial charge in [-0.2, -0.15) is 0 Å². The van der Waals surface area contributed by atoms with Crippen LogP contribution in [0.1, 0.15) is 52.4 Å². The highest BCUT2D eigenvalue weighted by Crippen LogP contribution is 2.44. The van der Waals surface area contributed by atoms with Crippen LogP contribution < -0.4 is 5.32 Å². The number of nitrogens with zero attached hydrogens (tertiary/aromatic N) is 1. The summed E-state index contributed by atoms with van der Waals surface area (Å²) < 4.78 is 0. The van der Waals surface area contributed by atoms with E-state index in [4.69, 9.17) is 0 Å². The molecule has 1 saturated heterocycles. The van der Waals surface area contributed by atoms with Gasteiger partial charge in [-0.1, -0.05) is 20.3 Å². The summed E-state index contributed by atoms with van der Waals surface area (Å²) in [5.41, 5.74) is -0.824. The maximum Gasteiger partial charge on any atom is 0.310 e. The number of hydrogen-bond acceptors (Lipinski definition) is 3. The smallest absolute Gasteiger partial charge is 0.310 e. The minimum atomic E-state index is -0.838. The number of carbonyl (C=O) groups is 3. The number of carboxylic acid groups (broad SMARTS) is 1. The molecule has 2 rings (SSSR count). The fraction of sp³-hybridized carbons (Fsp3) is 0.824. The second-order valence-electron chi connectivity index (χ2n) is 7.36. The van der Waals surface area contributed by atoms with E-state index < -0.39 is 11.4 Å². The number of amides is 2. The molecule has 23 heavy (non-hydrogen) atoms. The first-order valence-electron chi connectivity index (χ1n) is 8.63. The lowest BCUT2D eigenvalue weighted by Crippen LogP contribution is -2.48. The summed E-state index contributed by atoms with van der Waals surface area (Å²) >= 11 is 0. The van der Waals surface area contributed by atoms with Gasteiger partial charge in [0.25, 0.3) is 0 Å². The molecule has 0 aromatic rings. The molecule has 6 nitrogen and oxygen atoms in total. The minimum Gasteiger partial charge on any atom is -0.481 e. The van der Waals surface area contributed by atoms with Crippen LogP contribution in [0.3, 0.4) is 0 Å². The summed E-state index contributed by atoms with van der Waals surface area (Å²) in [4.78, 5) is 37.3. The standard InChI is InChI=1S/C17H28N2O4/c1-12(2)15(21)18-10-13-5-3-8-19(11-13)14(20)9-17(16(22)23)6-4-7-17/h12-13H,3-11H2,1-2H3,(H,18,21)(H,22,23). The Morgan fingerprint density at radius 3 is 2.48 bits per heavy atom. The van der Waals surface area contributed by atoms with E-state index >= 15 is 0 Å². The van der Waals surface area contributed by atoms with Gasteiger partial charge in [0.05, 0.1) is 5.41 Å². The summed E-state index contributed by atoms with van der Waals surface area (Å²) in [6.07, 6.45) is 4.13. The van der Waals surface area contributed by atoms with E-state index in [2.05, 4.69) is 5.32 Å². The molecule has 2 aliphatic rings. The molecule has 0 radical (unpaired) electrons. The van der Waals surface area contributed by atoms with E-state index in [1.165, 1.54) is 0 Å². The summed E-state index contributed by atoms with van der Waals surface area (Å²) in [7, 11) is 0. The van der Waals surface area contributed by atoms with Crippen molar-refractivity contribution < 1.29 is 19.5 Å². The Morgan fingerprint density at radius 2 is 1.96 bits per heavy atom. The maximum atomic E-state index is 12.5. The van der Waals surface area contributed by atoms with Crippen molar-refractivity contribution in [2.45, 2.75) is 52.4 Å². The average molecular weight is 324 g/mol. The number of carbonyl (C=O) groups excluding carboxylic acids is 2. The number of hydrogen-bond donors (Lipinski definition) is 2. The molecule has 1 heterocycles. The Hall–Kier alpha value is -1.59. The highest BCUT2D eigenvalue weighted by molar-refractivity contribution is 5.85. The Morgan fingerprint density at radius 1 is 1.26 bits per heavy atom. The molecule has 1 aliphatic heterocycles. The molecular formula is C17H28N2O4. The van der Waals surface area contributed by atoms with Crippen LogP contribution in [-0.4, -0.2) is 47.4 Å². The average Bonchev–Trinajstić information content (AvgIpc) is 2.48. The van der Waals surface area contributed by atoms with E-state index in [9.17, 15) is 19.5 Å². The first-order valence-corrected chi connectivity index (χ1v) is 8.63. The molecule has 1 unspecified atom stereocenters. The third kappa shape index (κ3) is 4.24. The SMILES string of the molecule is CC(C)C(=O)NCC1CCCN(C(=O)CC2(C(=O)O)CCC2)C1. The van der Waals surface area contributed by atoms with Crippen LogP contribution in [0.25, 0.3) is 0 Å². The number of carboxylic acids is 1. The summed E-state index contributed by atoms with van der Waals surface area (Å²) in [6, 6.07) is 0. The van der Waals surface area contributed by atoms with Gasteiger partial charge in [-0.05, 0) is 31.6 Å². The number of rotatable bonds is 6. The Kier molecular flexibility index (Phi) is 5.65. The molecular weight excluding hydrogens is 296 g/mol. The lowest BCUT2D eigenvalue weighted by atomic mass is 9.66.